The first-order valence-electron chi connectivity index (χ1n) is 10.8. The van der Waals surface area contributed by atoms with Crippen LogP contribution < -0.4 is 10.2 Å². The molecule has 1 unspecified atom stereocenters. The summed E-state index contributed by atoms with van der Waals surface area (Å²) in [6.07, 6.45) is 3.40. The summed E-state index contributed by atoms with van der Waals surface area (Å²) < 4.78 is 27.4. The van der Waals surface area contributed by atoms with Gasteiger partial charge in [0.2, 0.25) is 15.9 Å². The smallest absolute Gasteiger partial charge is 0.243 e. The molecule has 0 spiro atoms. The summed E-state index contributed by atoms with van der Waals surface area (Å²) in [6.45, 7) is 3.96. The second-order valence-corrected chi connectivity index (χ2v) is 10.5. The van der Waals surface area contributed by atoms with Crippen LogP contribution in [0.15, 0.2) is 47.4 Å². The molecular weight excluding hydrogens is 434 g/mol. The van der Waals surface area contributed by atoms with Crippen LogP contribution in [-0.2, 0) is 21.2 Å². The number of fused-ring (bicyclic) bond motifs is 1. The summed E-state index contributed by atoms with van der Waals surface area (Å²) in [7, 11) is -3.46. The Balaban J connectivity index is 1.48. The van der Waals surface area contributed by atoms with Crippen molar-refractivity contribution in [3.05, 3.63) is 58.6 Å². The number of hydrogen-bond donors (Lipinski definition) is 1. The van der Waals surface area contributed by atoms with E-state index in [9.17, 15) is 13.2 Å². The number of nitrogens with one attached hydrogen (secondary N) is 1. The van der Waals surface area contributed by atoms with E-state index in [2.05, 4.69) is 5.32 Å². The number of anilines is 1. The minimum atomic E-state index is -3.46. The van der Waals surface area contributed by atoms with E-state index < -0.39 is 10.0 Å². The van der Waals surface area contributed by atoms with Crippen molar-refractivity contribution >= 4 is 33.2 Å². The van der Waals surface area contributed by atoms with Gasteiger partial charge in [0.1, 0.15) is 0 Å². The lowest BCUT2D eigenvalue weighted by atomic mass is 10.0. The molecule has 1 saturated heterocycles. The molecule has 4 rings (SSSR count). The van der Waals surface area contributed by atoms with Gasteiger partial charge in [-0.05, 0) is 68.0 Å². The van der Waals surface area contributed by atoms with E-state index >= 15 is 0 Å². The number of hydrogen-bond acceptors (Lipinski definition) is 4. The van der Waals surface area contributed by atoms with Crippen LogP contribution >= 0.6 is 11.6 Å². The molecule has 31 heavy (non-hydrogen) atoms. The minimum Gasteiger partial charge on any atom is -0.311 e. The molecule has 0 aliphatic carbocycles. The molecule has 2 aliphatic rings. The Morgan fingerprint density at radius 1 is 1.10 bits per heavy atom. The fourth-order valence-corrected chi connectivity index (χ4v) is 6.21. The maximum absolute atomic E-state index is 13.0. The zero-order valence-corrected chi connectivity index (χ0v) is 19.3. The van der Waals surface area contributed by atoms with Crippen LogP contribution in [0.2, 0.25) is 5.02 Å². The predicted octanol–water partition coefficient (Wildman–Crippen LogP) is 3.75. The van der Waals surface area contributed by atoms with Gasteiger partial charge < -0.3 is 10.2 Å². The summed E-state index contributed by atoms with van der Waals surface area (Å²) in [5.41, 5.74) is 2.68. The number of carbonyl (C=O) groups is 1. The van der Waals surface area contributed by atoms with Crippen molar-refractivity contribution in [1.29, 1.82) is 0 Å². The number of amides is 1. The molecule has 0 bridgehead atoms. The highest BCUT2D eigenvalue weighted by Crippen LogP contribution is 2.31. The van der Waals surface area contributed by atoms with Gasteiger partial charge in [0.25, 0.3) is 0 Å². The van der Waals surface area contributed by atoms with Gasteiger partial charge in [-0.1, -0.05) is 29.8 Å². The molecule has 2 aromatic carbocycles. The number of sulfonamides is 1. The SMILES string of the molecule is CC(NCC(=O)N1CCCc2cc(S(=O)(=O)N3CCCC3)ccc21)c1ccccc1Cl. The third-order valence-corrected chi connectivity index (χ3v) is 8.34. The molecule has 2 heterocycles. The first-order chi connectivity index (χ1) is 14.9. The van der Waals surface area contributed by atoms with E-state index in [4.69, 9.17) is 11.6 Å². The quantitative estimate of drug-likeness (QED) is 0.711. The second-order valence-electron chi connectivity index (χ2n) is 8.17. The molecule has 0 radical (unpaired) electrons. The van der Waals surface area contributed by atoms with Crippen LogP contribution in [0.5, 0.6) is 0 Å². The predicted molar refractivity (Wildman–Crippen MR) is 123 cm³/mol. The van der Waals surface area contributed by atoms with Crippen molar-refractivity contribution < 1.29 is 13.2 Å². The van der Waals surface area contributed by atoms with E-state index in [1.807, 2.05) is 31.2 Å². The fourth-order valence-electron chi connectivity index (χ4n) is 4.34. The Bertz CT molecular complexity index is 1070. The maximum Gasteiger partial charge on any atom is 0.243 e. The molecule has 0 saturated carbocycles. The van der Waals surface area contributed by atoms with Crippen LogP contribution in [0.1, 0.15) is 43.4 Å². The van der Waals surface area contributed by atoms with Gasteiger partial charge >= 0.3 is 0 Å². The standard InChI is InChI=1S/C23H28ClN3O3S/c1-17(20-8-2-3-9-21(20)24)25-16-23(28)27-14-6-7-18-15-19(10-11-22(18)27)31(29,30)26-12-4-5-13-26/h2-3,8-11,15,17,25H,4-7,12-14,16H2,1H3. The van der Waals surface area contributed by atoms with Crippen molar-refractivity contribution in [1.82, 2.24) is 9.62 Å². The van der Waals surface area contributed by atoms with E-state index in [0.717, 1.165) is 42.5 Å². The van der Waals surface area contributed by atoms with Gasteiger partial charge in [0.05, 0.1) is 11.4 Å². The van der Waals surface area contributed by atoms with Crippen molar-refractivity contribution in [2.75, 3.05) is 31.1 Å². The third-order valence-electron chi connectivity index (χ3n) is 6.10. The molecule has 8 heteroatoms. The van der Waals surface area contributed by atoms with Crippen molar-refractivity contribution in [2.24, 2.45) is 0 Å². The average molecular weight is 462 g/mol. The summed E-state index contributed by atoms with van der Waals surface area (Å²) >= 11 is 6.26. The maximum atomic E-state index is 13.0. The molecular formula is C23H28ClN3O3S. The normalized spacial score (nSPS) is 18.1. The highest BCUT2D eigenvalue weighted by molar-refractivity contribution is 7.89. The van der Waals surface area contributed by atoms with E-state index in [-0.39, 0.29) is 18.5 Å². The number of rotatable bonds is 6. The number of benzene rings is 2. The molecule has 1 fully saturated rings. The van der Waals surface area contributed by atoms with E-state index in [0.29, 0.717) is 29.6 Å². The van der Waals surface area contributed by atoms with Crippen LogP contribution in [0.3, 0.4) is 0 Å². The van der Waals surface area contributed by atoms with E-state index in [1.165, 1.54) is 0 Å². The number of nitrogens with zero attached hydrogens (tertiary/aromatic N) is 2. The molecule has 1 amide bonds. The van der Waals surface area contributed by atoms with E-state index in [1.54, 1.807) is 27.4 Å². The van der Waals surface area contributed by atoms with Gasteiger partial charge in [-0.2, -0.15) is 4.31 Å². The third kappa shape index (κ3) is 4.65. The van der Waals surface area contributed by atoms with Crippen LogP contribution in [-0.4, -0.2) is 44.8 Å². The summed E-state index contributed by atoms with van der Waals surface area (Å²) in [5.74, 6) is -0.0324. The molecule has 1 atom stereocenters. The average Bonchev–Trinajstić information content (AvgIpc) is 3.32. The monoisotopic (exact) mass is 461 g/mol. The van der Waals surface area contributed by atoms with Crippen molar-refractivity contribution in [3.8, 4) is 0 Å². The Labute approximate surface area is 189 Å². The van der Waals surface area contributed by atoms with Crippen LogP contribution in [0.4, 0.5) is 5.69 Å². The highest BCUT2D eigenvalue weighted by Gasteiger charge is 2.29. The molecule has 2 aliphatic heterocycles. The Kier molecular flexibility index (Phi) is 6.67. The zero-order valence-electron chi connectivity index (χ0n) is 17.7. The molecule has 2 aromatic rings. The van der Waals surface area contributed by atoms with Gasteiger partial charge in [0.15, 0.2) is 0 Å². The fraction of sp³-hybridized carbons (Fsp3) is 0.435. The van der Waals surface area contributed by atoms with Crippen LogP contribution in [0, 0.1) is 0 Å². The topological polar surface area (TPSA) is 69.7 Å². The molecule has 0 aromatic heterocycles. The minimum absolute atomic E-state index is 0.0324. The first kappa shape index (κ1) is 22.3. The van der Waals surface area contributed by atoms with Gasteiger partial charge in [-0.25, -0.2) is 8.42 Å². The van der Waals surface area contributed by atoms with Crippen molar-refractivity contribution in [2.45, 2.75) is 43.5 Å². The Morgan fingerprint density at radius 2 is 1.84 bits per heavy atom. The molecule has 166 valence electrons. The lowest BCUT2D eigenvalue weighted by Gasteiger charge is -2.30. The van der Waals surface area contributed by atoms with Crippen LogP contribution in [0.25, 0.3) is 0 Å². The lowest BCUT2D eigenvalue weighted by molar-refractivity contribution is -0.118. The first-order valence-corrected chi connectivity index (χ1v) is 12.6. The number of aryl methyl sites for hydroxylation is 1. The summed E-state index contributed by atoms with van der Waals surface area (Å²) in [5, 5.41) is 3.93. The Morgan fingerprint density at radius 3 is 2.58 bits per heavy atom. The lowest BCUT2D eigenvalue weighted by Crippen LogP contribution is -2.41. The number of halogens is 1. The largest absolute Gasteiger partial charge is 0.311 e. The van der Waals surface area contributed by atoms with Crippen molar-refractivity contribution in [3.63, 3.8) is 0 Å². The van der Waals surface area contributed by atoms with Gasteiger partial charge in [0, 0.05) is 36.4 Å². The van der Waals surface area contributed by atoms with Gasteiger partial charge in [-0.15, -0.1) is 0 Å². The molecule has 1 N–H and O–H groups in total. The highest BCUT2D eigenvalue weighted by atomic mass is 35.5. The zero-order chi connectivity index (χ0) is 22.0. The van der Waals surface area contributed by atoms with Gasteiger partial charge in [-0.3, -0.25) is 4.79 Å². The second kappa shape index (κ2) is 9.28. The summed E-state index contributed by atoms with van der Waals surface area (Å²) in [6, 6.07) is 12.7. The Hall–Kier alpha value is -1.93. The molecule has 6 nitrogen and oxygen atoms in total. The number of carbonyl (C=O) groups excluding carboxylic acids is 1. The summed E-state index contributed by atoms with van der Waals surface area (Å²) in [4.78, 5) is 15.1.